The maximum atomic E-state index is 13.5. The Morgan fingerprint density at radius 1 is 1.20 bits per heavy atom. The third-order valence-electron chi connectivity index (χ3n) is 3.68. The third kappa shape index (κ3) is 4.96. The van der Waals surface area contributed by atoms with Crippen LogP contribution in [-0.2, 0) is 17.6 Å². The second kappa shape index (κ2) is 8.53. The average molecular weight is 359 g/mol. The van der Waals surface area contributed by atoms with Crippen LogP contribution < -0.4 is 5.32 Å². The normalized spacial score (nSPS) is 10.8. The molecule has 5 nitrogen and oxygen atoms in total. The maximum absolute atomic E-state index is 13.5. The summed E-state index contributed by atoms with van der Waals surface area (Å²) in [5, 5.41) is 8.69. The Kier molecular flexibility index (Phi) is 5.90. The molecule has 0 bridgehead atoms. The van der Waals surface area contributed by atoms with Crippen molar-refractivity contribution < 1.29 is 13.7 Å². The van der Waals surface area contributed by atoms with E-state index in [-0.39, 0.29) is 11.7 Å². The van der Waals surface area contributed by atoms with E-state index in [1.165, 1.54) is 6.07 Å². The molecular formula is C18H18FN3O2S. The lowest BCUT2D eigenvalue weighted by molar-refractivity contribution is -0.121. The highest BCUT2D eigenvalue weighted by molar-refractivity contribution is 7.13. The van der Waals surface area contributed by atoms with E-state index in [1.807, 2.05) is 17.5 Å². The van der Waals surface area contributed by atoms with Crippen LogP contribution in [0, 0.1) is 5.82 Å². The first-order chi connectivity index (χ1) is 12.2. The molecule has 1 amide bonds. The van der Waals surface area contributed by atoms with Crippen LogP contribution in [0.25, 0.3) is 10.7 Å². The summed E-state index contributed by atoms with van der Waals surface area (Å²) in [5.41, 5.74) is 0.606. The summed E-state index contributed by atoms with van der Waals surface area (Å²) in [6.07, 6.45) is 2.02. The molecule has 0 saturated carbocycles. The number of aryl methyl sites for hydroxylation is 1. The van der Waals surface area contributed by atoms with Gasteiger partial charge in [-0.2, -0.15) is 4.98 Å². The molecule has 0 spiro atoms. The molecule has 0 aliphatic rings. The summed E-state index contributed by atoms with van der Waals surface area (Å²) in [7, 11) is 0. The van der Waals surface area contributed by atoms with Crippen molar-refractivity contribution in [1.82, 2.24) is 15.5 Å². The molecule has 25 heavy (non-hydrogen) atoms. The topological polar surface area (TPSA) is 68.0 Å². The molecule has 7 heteroatoms. The Bertz CT molecular complexity index is 817. The molecule has 0 atom stereocenters. The molecule has 0 aliphatic carbocycles. The fourth-order valence-corrected chi connectivity index (χ4v) is 3.04. The smallest absolute Gasteiger partial charge is 0.226 e. The zero-order valence-corrected chi connectivity index (χ0v) is 14.4. The number of rotatable bonds is 8. The van der Waals surface area contributed by atoms with Gasteiger partial charge in [-0.1, -0.05) is 29.4 Å². The van der Waals surface area contributed by atoms with Crippen LogP contribution in [0.15, 0.2) is 46.3 Å². The van der Waals surface area contributed by atoms with E-state index in [4.69, 9.17) is 4.52 Å². The van der Waals surface area contributed by atoms with Gasteiger partial charge in [-0.15, -0.1) is 11.3 Å². The molecule has 1 aromatic carbocycles. The van der Waals surface area contributed by atoms with E-state index in [0.717, 1.165) is 4.88 Å². The molecule has 2 heterocycles. The number of nitrogens with zero attached hydrogens (tertiary/aromatic N) is 2. The molecule has 3 rings (SSSR count). The van der Waals surface area contributed by atoms with Crippen molar-refractivity contribution in [2.24, 2.45) is 0 Å². The van der Waals surface area contributed by atoms with Gasteiger partial charge in [0.2, 0.25) is 17.6 Å². The van der Waals surface area contributed by atoms with Gasteiger partial charge >= 0.3 is 0 Å². The Balaban J connectivity index is 1.36. The Morgan fingerprint density at radius 3 is 2.88 bits per heavy atom. The SMILES string of the molecule is O=C(CCCc1nc(-c2cccs2)no1)NCCc1ccccc1F. The van der Waals surface area contributed by atoms with Crippen LogP contribution in [-0.4, -0.2) is 22.6 Å². The van der Waals surface area contributed by atoms with Crippen LogP contribution >= 0.6 is 11.3 Å². The number of hydrogen-bond donors (Lipinski definition) is 1. The molecular weight excluding hydrogens is 341 g/mol. The zero-order chi connectivity index (χ0) is 17.5. The van der Waals surface area contributed by atoms with E-state index >= 15 is 0 Å². The standard InChI is InChI=1S/C18H18FN3O2S/c19-14-6-2-1-5-13(14)10-11-20-16(23)8-3-9-17-21-18(22-24-17)15-7-4-12-25-15/h1-2,4-7,12H,3,8-11H2,(H,20,23). The van der Waals surface area contributed by atoms with Crippen LogP contribution in [0.4, 0.5) is 4.39 Å². The van der Waals surface area contributed by atoms with E-state index in [1.54, 1.807) is 29.5 Å². The van der Waals surface area contributed by atoms with Gasteiger partial charge in [-0.05, 0) is 35.9 Å². The summed E-state index contributed by atoms with van der Waals surface area (Å²) < 4.78 is 18.7. The first-order valence-corrected chi connectivity index (χ1v) is 8.97. The summed E-state index contributed by atoms with van der Waals surface area (Å²) in [4.78, 5) is 17.1. The number of amides is 1. The summed E-state index contributed by atoms with van der Waals surface area (Å²) in [6.45, 7) is 0.419. The molecule has 1 N–H and O–H groups in total. The van der Waals surface area contributed by atoms with E-state index in [2.05, 4.69) is 15.5 Å². The minimum Gasteiger partial charge on any atom is -0.356 e. The van der Waals surface area contributed by atoms with Crippen molar-refractivity contribution in [2.75, 3.05) is 6.54 Å². The van der Waals surface area contributed by atoms with Crippen molar-refractivity contribution in [2.45, 2.75) is 25.7 Å². The van der Waals surface area contributed by atoms with Crippen molar-refractivity contribution in [3.05, 3.63) is 59.0 Å². The lowest BCUT2D eigenvalue weighted by atomic mass is 10.1. The molecule has 0 aliphatic heterocycles. The number of aromatic nitrogens is 2. The van der Waals surface area contributed by atoms with Gasteiger partial charge in [0.15, 0.2) is 0 Å². The van der Waals surface area contributed by atoms with Crippen molar-refractivity contribution in [1.29, 1.82) is 0 Å². The predicted molar refractivity (Wildman–Crippen MR) is 93.7 cm³/mol. The second-order valence-corrected chi connectivity index (χ2v) is 6.48. The highest BCUT2D eigenvalue weighted by Crippen LogP contribution is 2.21. The first kappa shape index (κ1) is 17.3. The Labute approximate surface area is 148 Å². The third-order valence-corrected chi connectivity index (χ3v) is 4.54. The lowest BCUT2D eigenvalue weighted by Gasteiger charge is -2.05. The van der Waals surface area contributed by atoms with Crippen molar-refractivity contribution in [3.63, 3.8) is 0 Å². The summed E-state index contributed by atoms with van der Waals surface area (Å²) >= 11 is 1.55. The highest BCUT2D eigenvalue weighted by Gasteiger charge is 2.10. The van der Waals surface area contributed by atoms with Crippen LogP contribution in [0.1, 0.15) is 24.3 Å². The molecule has 0 saturated heterocycles. The number of nitrogens with one attached hydrogen (secondary N) is 1. The molecule has 3 aromatic rings. The van der Waals surface area contributed by atoms with Crippen LogP contribution in [0.2, 0.25) is 0 Å². The van der Waals surface area contributed by atoms with Crippen molar-refractivity contribution in [3.8, 4) is 10.7 Å². The van der Waals surface area contributed by atoms with Gasteiger partial charge in [0.25, 0.3) is 0 Å². The molecule has 130 valence electrons. The minimum atomic E-state index is -0.241. The second-order valence-electron chi connectivity index (χ2n) is 5.53. The van der Waals surface area contributed by atoms with E-state index < -0.39 is 0 Å². The largest absolute Gasteiger partial charge is 0.356 e. The number of benzene rings is 1. The summed E-state index contributed by atoms with van der Waals surface area (Å²) in [5.74, 6) is 0.811. The molecule has 2 aromatic heterocycles. The fourth-order valence-electron chi connectivity index (χ4n) is 2.39. The molecule has 0 fully saturated rings. The summed E-state index contributed by atoms with van der Waals surface area (Å²) in [6, 6.07) is 10.5. The fraction of sp³-hybridized carbons (Fsp3) is 0.278. The van der Waals surface area contributed by atoms with Crippen LogP contribution in [0.3, 0.4) is 0 Å². The van der Waals surface area contributed by atoms with Crippen molar-refractivity contribution >= 4 is 17.2 Å². The molecule has 0 radical (unpaired) electrons. The van der Waals surface area contributed by atoms with Gasteiger partial charge in [-0.25, -0.2) is 4.39 Å². The Morgan fingerprint density at radius 2 is 2.08 bits per heavy atom. The number of halogens is 1. The molecule has 0 unspecified atom stereocenters. The maximum Gasteiger partial charge on any atom is 0.226 e. The monoisotopic (exact) mass is 359 g/mol. The lowest BCUT2D eigenvalue weighted by Crippen LogP contribution is -2.25. The Hall–Kier alpha value is -2.54. The van der Waals surface area contributed by atoms with Crippen LogP contribution in [0.5, 0.6) is 0 Å². The van der Waals surface area contributed by atoms with Gasteiger partial charge in [0.1, 0.15) is 5.82 Å². The number of carbonyl (C=O) groups excluding carboxylic acids is 1. The predicted octanol–water partition coefficient (Wildman–Crippen LogP) is 3.62. The van der Waals surface area contributed by atoms with E-state index in [0.29, 0.717) is 49.5 Å². The highest BCUT2D eigenvalue weighted by atomic mass is 32.1. The van der Waals surface area contributed by atoms with E-state index in [9.17, 15) is 9.18 Å². The first-order valence-electron chi connectivity index (χ1n) is 8.09. The van der Waals surface area contributed by atoms with Gasteiger partial charge < -0.3 is 9.84 Å². The number of thiophene rings is 1. The minimum absolute atomic E-state index is 0.0608. The quantitative estimate of drug-likeness (QED) is 0.667. The van der Waals surface area contributed by atoms with Gasteiger partial charge in [-0.3, -0.25) is 4.79 Å². The van der Waals surface area contributed by atoms with Gasteiger partial charge in [0.05, 0.1) is 4.88 Å². The van der Waals surface area contributed by atoms with Gasteiger partial charge in [0, 0.05) is 19.4 Å². The number of carbonyl (C=O) groups is 1. The zero-order valence-electron chi connectivity index (χ0n) is 13.6. The average Bonchev–Trinajstić information content (AvgIpc) is 3.28. The number of hydrogen-bond acceptors (Lipinski definition) is 5.